The predicted molar refractivity (Wildman–Crippen MR) is 58.8 cm³/mol. The van der Waals surface area contributed by atoms with Crippen LogP contribution >= 0.6 is 11.8 Å². The summed E-state index contributed by atoms with van der Waals surface area (Å²) in [4.78, 5) is 5.88. The van der Waals surface area contributed by atoms with Crippen molar-refractivity contribution in [3.63, 3.8) is 0 Å². The Bertz CT molecular complexity index is 344. The normalized spacial score (nSPS) is 17.6. The summed E-state index contributed by atoms with van der Waals surface area (Å²) >= 11 is 1.85. The zero-order chi connectivity index (χ0) is 11.6. The van der Waals surface area contributed by atoms with Crippen LogP contribution in [0.15, 0.2) is 18.3 Å². The lowest BCUT2D eigenvalue weighted by Gasteiger charge is -2.27. The van der Waals surface area contributed by atoms with E-state index in [1.807, 2.05) is 16.7 Å². The molecule has 0 amide bonds. The van der Waals surface area contributed by atoms with Crippen LogP contribution in [0.2, 0.25) is 0 Å². The van der Waals surface area contributed by atoms with E-state index in [9.17, 15) is 13.2 Å². The molecule has 0 N–H and O–H groups in total. The van der Waals surface area contributed by atoms with Crippen LogP contribution in [-0.2, 0) is 6.18 Å². The predicted octanol–water partition coefficient (Wildman–Crippen LogP) is 2.65. The molecule has 1 aliphatic heterocycles. The van der Waals surface area contributed by atoms with Crippen LogP contribution in [0.3, 0.4) is 0 Å². The van der Waals surface area contributed by atoms with E-state index in [0.717, 1.165) is 36.9 Å². The van der Waals surface area contributed by atoms with Gasteiger partial charge < -0.3 is 4.90 Å². The van der Waals surface area contributed by atoms with Crippen LogP contribution < -0.4 is 4.90 Å². The van der Waals surface area contributed by atoms with Crippen LogP contribution in [0.4, 0.5) is 19.0 Å². The number of hydrogen-bond donors (Lipinski definition) is 0. The van der Waals surface area contributed by atoms with Gasteiger partial charge in [0.2, 0.25) is 0 Å². The molecule has 1 aromatic rings. The lowest BCUT2D eigenvalue weighted by atomic mass is 10.2. The van der Waals surface area contributed by atoms with Gasteiger partial charge in [-0.3, -0.25) is 0 Å². The van der Waals surface area contributed by atoms with E-state index < -0.39 is 11.7 Å². The topological polar surface area (TPSA) is 16.1 Å². The van der Waals surface area contributed by atoms with Gasteiger partial charge in [-0.25, -0.2) is 4.98 Å². The van der Waals surface area contributed by atoms with E-state index in [1.165, 1.54) is 6.07 Å². The Labute approximate surface area is 95.8 Å². The molecule has 1 fully saturated rings. The SMILES string of the molecule is FC(F)(F)c1ccc(N2CCSCC2)nc1. The minimum Gasteiger partial charge on any atom is -0.355 e. The molecule has 0 radical (unpaired) electrons. The van der Waals surface area contributed by atoms with Crippen molar-refractivity contribution in [2.24, 2.45) is 0 Å². The van der Waals surface area contributed by atoms with Gasteiger partial charge in [-0.1, -0.05) is 0 Å². The van der Waals surface area contributed by atoms with Crippen LogP contribution in [0.25, 0.3) is 0 Å². The third-order valence-corrected chi connectivity index (χ3v) is 3.35. The Morgan fingerprint density at radius 3 is 2.38 bits per heavy atom. The highest BCUT2D eigenvalue weighted by Crippen LogP contribution is 2.29. The van der Waals surface area contributed by atoms with Gasteiger partial charge in [-0.2, -0.15) is 24.9 Å². The van der Waals surface area contributed by atoms with E-state index in [2.05, 4.69) is 4.98 Å². The van der Waals surface area contributed by atoms with Crippen LogP contribution in [0.1, 0.15) is 5.56 Å². The van der Waals surface area contributed by atoms with Crippen LogP contribution in [0, 0.1) is 0 Å². The number of alkyl halides is 3. The number of anilines is 1. The standard InChI is InChI=1S/C10H11F3N2S/c11-10(12,13)8-1-2-9(14-7-8)15-3-5-16-6-4-15/h1-2,7H,3-6H2. The van der Waals surface area contributed by atoms with E-state index in [1.54, 1.807) is 0 Å². The maximum atomic E-state index is 12.3. The lowest BCUT2D eigenvalue weighted by Crippen LogP contribution is -2.33. The Kier molecular flexibility index (Phi) is 3.28. The van der Waals surface area contributed by atoms with Crippen LogP contribution in [0.5, 0.6) is 0 Å². The first kappa shape index (κ1) is 11.6. The second-order valence-electron chi connectivity index (χ2n) is 3.50. The summed E-state index contributed by atoms with van der Waals surface area (Å²) in [6, 6.07) is 2.53. The van der Waals surface area contributed by atoms with Gasteiger partial charge in [0.15, 0.2) is 0 Å². The highest BCUT2D eigenvalue weighted by atomic mass is 32.2. The van der Waals surface area contributed by atoms with Gasteiger partial charge in [-0.05, 0) is 12.1 Å². The molecule has 1 aliphatic rings. The van der Waals surface area contributed by atoms with Crippen molar-refractivity contribution < 1.29 is 13.2 Å². The third kappa shape index (κ3) is 2.61. The minimum absolute atomic E-state index is 0.633. The number of nitrogens with zero attached hydrogens (tertiary/aromatic N) is 2. The molecule has 88 valence electrons. The van der Waals surface area contributed by atoms with Crippen molar-refractivity contribution in [2.45, 2.75) is 6.18 Å². The third-order valence-electron chi connectivity index (χ3n) is 2.41. The number of thioether (sulfide) groups is 1. The summed E-state index contributed by atoms with van der Waals surface area (Å²) < 4.78 is 36.9. The van der Waals surface area contributed by atoms with Gasteiger partial charge in [0, 0.05) is 30.8 Å². The molecular formula is C10H11F3N2S. The number of hydrogen-bond acceptors (Lipinski definition) is 3. The van der Waals surface area contributed by atoms with Gasteiger partial charge in [0.05, 0.1) is 5.56 Å². The van der Waals surface area contributed by atoms with Crippen molar-refractivity contribution in [1.29, 1.82) is 0 Å². The van der Waals surface area contributed by atoms with E-state index >= 15 is 0 Å². The first-order chi connectivity index (χ1) is 7.57. The molecule has 0 aliphatic carbocycles. The lowest BCUT2D eigenvalue weighted by molar-refractivity contribution is -0.137. The van der Waals surface area contributed by atoms with Crippen molar-refractivity contribution in [1.82, 2.24) is 4.98 Å². The van der Waals surface area contributed by atoms with Crippen molar-refractivity contribution >= 4 is 17.6 Å². The molecule has 0 atom stereocenters. The summed E-state index contributed by atoms with van der Waals surface area (Å²) in [5, 5.41) is 0. The van der Waals surface area contributed by atoms with E-state index in [4.69, 9.17) is 0 Å². The first-order valence-electron chi connectivity index (χ1n) is 4.93. The average Bonchev–Trinajstić information content (AvgIpc) is 2.29. The molecule has 1 saturated heterocycles. The molecule has 2 nitrogen and oxygen atoms in total. The summed E-state index contributed by atoms with van der Waals surface area (Å²) in [6.45, 7) is 1.70. The van der Waals surface area contributed by atoms with Gasteiger partial charge in [-0.15, -0.1) is 0 Å². The number of pyridine rings is 1. The summed E-state index contributed by atoms with van der Waals surface area (Å²) in [5.74, 6) is 2.64. The first-order valence-corrected chi connectivity index (χ1v) is 6.09. The summed E-state index contributed by atoms with van der Waals surface area (Å²) in [5.41, 5.74) is -0.692. The van der Waals surface area contributed by atoms with Crippen molar-refractivity contribution in [2.75, 3.05) is 29.5 Å². The number of halogens is 3. The smallest absolute Gasteiger partial charge is 0.355 e. The highest BCUT2D eigenvalue weighted by molar-refractivity contribution is 7.99. The molecule has 0 spiro atoms. The molecule has 1 aromatic heterocycles. The van der Waals surface area contributed by atoms with Crippen LogP contribution in [-0.4, -0.2) is 29.6 Å². The van der Waals surface area contributed by atoms with Gasteiger partial charge in [0.1, 0.15) is 5.82 Å². The van der Waals surface area contributed by atoms with Gasteiger partial charge in [0.25, 0.3) is 0 Å². The molecule has 16 heavy (non-hydrogen) atoms. The molecule has 0 unspecified atom stereocenters. The minimum atomic E-state index is -4.30. The van der Waals surface area contributed by atoms with Crippen molar-refractivity contribution in [3.8, 4) is 0 Å². The zero-order valence-electron chi connectivity index (χ0n) is 8.50. The molecule has 6 heteroatoms. The molecular weight excluding hydrogens is 237 g/mol. The second kappa shape index (κ2) is 4.53. The number of rotatable bonds is 1. The van der Waals surface area contributed by atoms with Crippen molar-refractivity contribution in [3.05, 3.63) is 23.9 Å². The fourth-order valence-corrected chi connectivity index (χ4v) is 2.44. The fraction of sp³-hybridized carbons (Fsp3) is 0.500. The quantitative estimate of drug-likeness (QED) is 0.760. The maximum Gasteiger partial charge on any atom is 0.417 e. The Morgan fingerprint density at radius 2 is 1.88 bits per heavy atom. The Hall–Kier alpha value is -0.910. The van der Waals surface area contributed by atoms with E-state index in [0.29, 0.717) is 5.82 Å². The molecule has 2 rings (SSSR count). The largest absolute Gasteiger partial charge is 0.417 e. The van der Waals surface area contributed by atoms with E-state index in [-0.39, 0.29) is 0 Å². The summed E-state index contributed by atoms with van der Waals surface area (Å²) in [6.07, 6.45) is -3.40. The monoisotopic (exact) mass is 248 g/mol. The highest BCUT2D eigenvalue weighted by Gasteiger charge is 2.30. The Morgan fingerprint density at radius 1 is 1.19 bits per heavy atom. The molecule has 0 bridgehead atoms. The van der Waals surface area contributed by atoms with Gasteiger partial charge >= 0.3 is 6.18 Å². The maximum absolute atomic E-state index is 12.3. The summed E-state index contributed by atoms with van der Waals surface area (Å²) in [7, 11) is 0. The molecule has 0 aromatic carbocycles. The zero-order valence-corrected chi connectivity index (χ0v) is 9.31. The fourth-order valence-electron chi connectivity index (χ4n) is 1.53. The second-order valence-corrected chi connectivity index (χ2v) is 4.73. The Balaban J connectivity index is 2.12. The number of aromatic nitrogens is 1. The molecule has 2 heterocycles. The molecule has 0 saturated carbocycles. The average molecular weight is 248 g/mol.